The molecule has 1 aliphatic heterocycles. The van der Waals surface area contributed by atoms with Crippen molar-refractivity contribution in [2.45, 2.75) is 12.5 Å². The highest BCUT2D eigenvalue weighted by molar-refractivity contribution is 6.36. The molecule has 2 aliphatic rings. The molecular formula is C37H31N3O2. The van der Waals surface area contributed by atoms with E-state index in [1.807, 2.05) is 0 Å². The number of ether oxygens (including phenoxy) is 2. The van der Waals surface area contributed by atoms with Crippen LogP contribution in [0.3, 0.4) is 0 Å². The fourth-order valence-corrected chi connectivity index (χ4v) is 6.35. The third kappa shape index (κ3) is 4.34. The van der Waals surface area contributed by atoms with E-state index in [0.717, 1.165) is 28.2 Å². The Balaban J connectivity index is 1.51. The quantitative estimate of drug-likeness (QED) is 0.159. The van der Waals surface area contributed by atoms with Crippen molar-refractivity contribution in [1.82, 2.24) is 0 Å². The first kappa shape index (κ1) is 26.1. The molecule has 0 N–H and O–H groups in total. The van der Waals surface area contributed by atoms with E-state index in [-0.39, 0.29) is 6.10 Å². The van der Waals surface area contributed by atoms with Gasteiger partial charge in [-0.2, -0.15) is 0 Å². The van der Waals surface area contributed by atoms with Gasteiger partial charge in [-0.15, -0.1) is 0 Å². The summed E-state index contributed by atoms with van der Waals surface area (Å²) >= 11 is 0. The van der Waals surface area contributed by atoms with Gasteiger partial charge in [-0.3, -0.25) is 9.98 Å². The van der Waals surface area contributed by atoms with E-state index >= 15 is 0 Å². The Morgan fingerprint density at radius 1 is 0.786 bits per heavy atom. The van der Waals surface area contributed by atoms with Gasteiger partial charge in [0.05, 0.1) is 25.5 Å². The highest BCUT2D eigenvalue weighted by Gasteiger charge is 2.31. The third-order valence-corrected chi connectivity index (χ3v) is 8.26. The summed E-state index contributed by atoms with van der Waals surface area (Å²) in [6.45, 7) is 0.517. The molecule has 1 atom stereocenters. The summed E-state index contributed by atoms with van der Waals surface area (Å²) < 4.78 is 12.0. The molecule has 0 amide bonds. The van der Waals surface area contributed by atoms with Crippen LogP contribution in [0.1, 0.15) is 12.0 Å². The molecule has 1 heterocycles. The SMILES string of the molecule is CN=CC1=NC(C2=CC(c3c4ccccc4c(-c4ccc5ccccc5c4)c4ccccc34)=C(OC)CC2OC)=NC1. The molecule has 0 aromatic heterocycles. The van der Waals surface area contributed by atoms with Crippen molar-refractivity contribution in [3.63, 3.8) is 0 Å². The maximum absolute atomic E-state index is 6.08. The number of fused-ring (bicyclic) bond motifs is 3. The molecule has 0 bridgehead atoms. The number of nitrogens with zero attached hydrogens (tertiary/aromatic N) is 3. The minimum absolute atomic E-state index is 0.210. The van der Waals surface area contributed by atoms with E-state index in [0.29, 0.717) is 18.8 Å². The lowest BCUT2D eigenvalue weighted by Gasteiger charge is -2.27. The van der Waals surface area contributed by atoms with E-state index in [4.69, 9.17) is 19.5 Å². The van der Waals surface area contributed by atoms with E-state index in [1.165, 1.54) is 43.4 Å². The molecule has 1 aliphatic carbocycles. The lowest BCUT2D eigenvalue weighted by molar-refractivity contribution is 0.117. The first-order valence-electron chi connectivity index (χ1n) is 14.2. The lowest BCUT2D eigenvalue weighted by atomic mass is 9.82. The second kappa shape index (κ2) is 10.8. The van der Waals surface area contributed by atoms with E-state index < -0.39 is 0 Å². The fraction of sp³-hybridized carbons (Fsp3) is 0.162. The molecule has 0 saturated heterocycles. The Bertz CT molecular complexity index is 1970. The highest BCUT2D eigenvalue weighted by Crippen LogP contribution is 2.45. The Labute approximate surface area is 245 Å². The van der Waals surface area contributed by atoms with Crippen LogP contribution in [-0.2, 0) is 9.47 Å². The van der Waals surface area contributed by atoms with Crippen molar-refractivity contribution >= 4 is 55.7 Å². The van der Waals surface area contributed by atoms with Crippen LogP contribution in [0.2, 0.25) is 0 Å². The number of hydrogen-bond acceptors (Lipinski definition) is 5. The number of amidine groups is 1. The molecule has 0 spiro atoms. The van der Waals surface area contributed by atoms with Crippen LogP contribution in [0.5, 0.6) is 0 Å². The average Bonchev–Trinajstić information content (AvgIpc) is 3.51. The Hall–Kier alpha value is -4.87. The minimum Gasteiger partial charge on any atom is -0.500 e. The zero-order chi connectivity index (χ0) is 28.6. The number of allylic oxidation sites excluding steroid dienone is 2. The van der Waals surface area contributed by atoms with Crippen LogP contribution in [0, 0.1) is 0 Å². The van der Waals surface area contributed by atoms with Crippen molar-refractivity contribution in [3.05, 3.63) is 114 Å². The molecule has 42 heavy (non-hydrogen) atoms. The zero-order valence-electron chi connectivity index (χ0n) is 24.0. The average molecular weight is 550 g/mol. The molecule has 206 valence electrons. The topological polar surface area (TPSA) is 55.5 Å². The predicted molar refractivity (Wildman–Crippen MR) is 176 cm³/mol. The third-order valence-electron chi connectivity index (χ3n) is 8.26. The lowest BCUT2D eigenvalue weighted by Crippen LogP contribution is -2.24. The van der Waals surface area contributed by atoms with Crippen molar-refractivity contribution in [1.29, 1.82) is 0 Å². The van der Waals surface area contributed by atoms with Crippen molar-refractivity contribution in [3.8, 4) is 11.1 Å². The number of benzene rings is 5. The van der Waals surface area contributed by atoms with Gasteiger partial charge in [0.1, 0.15) is 5.76 Å². The molecule has 5 nitrogen and oxygen atoms in total. The number of methoxy groups -OCH3 is 2. The summed E-state index contributed by atoms with van der Waals surface area (Å²) in [5.74, 6) is 1.59. The minimum atomic E-state index is -0.210. The maximum Gasteiger partial charge on any atom is 0.153 e. The summed E-state index contributed by atoms with van der Waals surface area (Å²) in [4.78, 5) is 13.7. The highest BCUT2D eigenvalue weighted by atomic mass is 16.5. The number of rotatable bonds is 6. The molecular weight excluding hydrogens is 518 g/mol. The summed E-state index contributed by atoms with van der Waals surface area (Å²) in [5.41, 5.74) is 6.42. The van der Waals surface area contributed by atoms with Crippen LogP contribution in [0.15, 0.2) is 123 Å². The summed E-state index contributed by atoms with van der Waals surface area (Å²) in [6.07, 6.45) is 4.33. The van der Waals surface area contributed by atoms with Gasteiger partial charge in [0.2, 0.25) is 0 Å². The summed E-state index contributed by atoms with van der Waals surface area (Å²) in [6, 6.07) is 32.7. The first-order valence-corrected chi connectivity index (χ1v) is 14.2. The van der Waals surface area contributed by atoms with Gasteiger partial charge in [-0.1, -0.05) is 84.9 Å². The van der Waals surface area contributed by atoms with Gasteiger partial charge in [-0.25, -0.2) is 4.99 Å². The van der Waals surface area contributed by atoms with Crippen molar-refractivity contribution in [2.75, 3.05) is 27.8 Å². The molecule has 0 radical (unpaired) electrons. The van der Waals surface area contributed by atoms with Gasteiger partial charge in [0.15, 0.2) is 5.84 Å². The fourth-order valence-electron chi connectivity index (χ4n) is 6.35. The van der Waals surface area contributed by atoms with Crippen LogP contribution in [0.4, 0.5) is 0 Å². The monoisotopic (exact) mass is 549 g/mol. The standard InChI is InChI=1S/C37H31N3O2/c1-38-21-26-22-39-37(40-26)32-19-31(33(41-2)20-34(32)42-3)36-29-14-8-6-12-27(29)35(28-13-7-9-15-30(28)36)25-17-16-23-10-4-5-11-24(23)18-25/h4-19,21,34H,20,22H2,1-3H3. The Morgan fingerprint density at radius 3 is 2.07 bits per heavy atom. The van der Waals surface area contributed by atoms with Gasteiger partial charge in [-0.05, 0) is 55.6 Å². The van der Waals surface area contributed by atoms with Gasteiger partial charge in [0, 0.05) is 43.5 Å². The number of aliphatic imine (C=N–C) groups is 3. The first-order chi connectivity index (χ1) is 20.7. The van der Waals surface area contributed by atoms with Crippen LogP contribution in [-0.4, -0.2) is 51.7 Å². The predicted octanol–water partition coefficient (Wildman–Crippen LogP) is 8.07. The van der Waals surface area contributed by atoms with Crippen LogP contribution < -0.4 is 0 Å². The molecule has 5 aromatic carbocycles. The molecule has 0 fully saturated rings. The molecule has 7 rings (SSSR count). The molecule has 5 aromatic rings. The van der Waals surface area contributed by atoms with Crippen molar-refractivity contribution in [2.24, 2.45) is 15.0 Å². The Morgan fingerprint density at radius 2 is 1.43 bits per heavy atom. The zero-order valence-corrected chi connectivity index (χ0v) is 24.0. The smallest absolute Gasteiger partial charge is 0.153 e. The van der Waals surface area contributed by atoms with E-state index in [1.54, 1.807) is 27.5 Å². The number of hydrogen-bond donors (Lipinski definition) is 0. The normalized spacial score (nSPS) is 17.3. The van der Waals surface area contributed by atoms with E-state index in [2.05, 4.69) is 102 Å². The second-order valence-electron chi connectivity index (χ2n) is 10.6. The van der Waals surface area contributed by atoms with E-state index in [9.17, 15) is 0 Å². The van der Waals surface area contributed by atoms with Crippen LogP contribution >= 0.6 is 0 Å². The summed E-state index contributed by atoms with van der Waals surface area (Å²) in [7, 11) is 5.23. The maximum atomic E-state index is 6.08. The van der Waals surface area contributed by atoms with Gasteiger partial charge in [0.25, 0.3) is 0 Å². The largest absolute Gasteiger partial charge is 0.500 e. The van der Waals surface area contributed by atoms with Crippen molar-refractivity contribution < 1.29 is 9.47 Å². The van der Waals surface area contributed by atoms with Gasteiger partial charge < -0.3 is 9.47 Å². The van der Waals surface area contributed by atoms with Crippen LogP contribution in [0.25, 0.3) is 49.0 Å². The Kier molecular flexibility index (Phi) is 6.73. The summed E-state index contributed by atoms with van der Waals surface area (Å²) in [5, 5.41) is 7.21. The molecule has 5 heteroatoms. The van der Waals surface area contributed by atoms with Gasteiger partial charge >= 0.3 is 0 Å². The molecule has 0 saturated carbocycles. The molecule has 1 unspecified atom stereocenters. The second-order valence-corrected chi connectivity index (χ2v) is 10.6.